The lowest BCUT2D eigenvalue weighted by Crippen LogP contribution is -2.31. The van der Waals surface area contributed by atoms with Crippen LogP contribution in [0.1, 0.15) is 16.2 Å². The zero-order valence-electron chi connectivity index (χ0n) is 15.3. The SMILES string of the molecule is COc1ccc(Cl)c(S(=O)(=O)NC(=O)c2nnn(-c3c(Cl)cc(Cl)cc3Cl)c2C)c1. The van der Waals surface area contributed by atoms with Crippen LogP contribution < -0.4 is 9.46 Å². The fourth-order valence-electron chi connectivity index (χ4n) is 2.53. The summed E-state index contributed by atoms with van der Waals surface area (Å²) in [5.41, 5.74) is 0.190. The van der Waals surface area contributed by atoms with Crippen LogP contribution >= 0.6 is 46.4 Å². The summed E-state index contributed by atoms with van der Waals surface area (Å²) in [4.78, 5) is 12.3. The van der Waals surface area contributed by atoms with E-state index in [2.05, 4.69) is 10.3 Å². The molecule has 1 N–H and O–H groups in total. The molecule has 0 fully saturated rings. The summed E-state index contributed by atoms with van der Waals surface area (Å²) in [7, 11) is -2.96. The summed E-state index contributed by atoms with van der Waals surface area (Å²) in [5.74, 6) is -0.764. The van der Waals surface area contributed by atoms with Gasteiger partial charge in [-0.05, 0) is 31.2 Å². The van der Waals surface area contributed by atoms with Crippen molar-refractivity contribution in [3.63, 3.8) is 0 Å². The second-order valence-electron chi connectivity index (χ2n) is 5.88. The number of benzene rings is 2. The van der Waals surface area contributed by atoms with Gasteiger partial charge >= 0.3 is 0 Å². The fourth-order valence-corrected chi connectivity index (χ4v) is 4.98. The Balaban J connectivity index is 1.96. The van der Waals surface area contributed by atoms with E-state index >= 15 is 0 Å². The molecule has 30 heavy (non-hydrogen) atoms. The van der Waals surface area contributed by atoms with E-state index in [1.165, 1.54) is 49.0 Å². The van der Waals surface area contributed by atoms with Crippen LogP contribution in [0.2, 0.25) is 20.1 Å². The summed E-state index contributed by atoms with van der Waals surface area (Å²) in [5, 5.41) is 8.18. The van der Waals surface area contributed by atoms with Crippen LogP contribution in [0.3, 0.4) is 0 Å². The summed E-state index contributed by atoms with van der Waals surface area (Å²) >= 11 is 24.2. The van der Waals surface area contributed by atoms with Crippen LogP contribution in [0, 0.1) is 6.92 Å². The highest BCUT2D eigenvalue weighted by Crippen LogP contribution is 2.33. The van der Waals surface area contributed by atoms with E-state index in [1.807, 2.05) is 4.72 Å². The van der Waals surface area contributed by atoms with Gasteiger partial charge in [-0.25, -0.2) is 17.8 Å². The molecule has 1 heterocycles. The van der Waals surface area contributed by atoms with E-state index in [9.17, 15) is 13.2 Å². The standard InChI is InChI=1S/C17H12Cl4N4O4S/c1-8-15(22-24-25(8)16-12(20)5-9(18)6-13(16)21)17(26)23-30(27,28)14-7-10(29-2)3-4-11(14)19/h3-7H,1-2H3,(H,23,26). The van der Waals surface area contributed by atoms with Gasteiger partial charge in [0.15, 0.2) is 5.69 Å². The van der Waals surface area contributed by atoms with Crippen molar-refractivity contribution in [2.75, 3.05) is 7.11 Å². The summed E-state index contributed by atoms with van der Waals surface area (Å²) in [6.45, 7) is 1.50. The van der Waals surface area contributed by atoms with Gasteiger partial charge in [-0.1, -0.05) is 51.6 Å². The molecule has 0 saturated heterocycles. The molecule has 1 amide bonds. The Bertz CT molecular complexity index is 1240. The minimum Gasteiger partial charge on any atom is -0.497 e. The highest BCUT2D eigenvalue weighted by atomic mass is 35.5. The number of methoxy groups -OCH3 is 1. The fraction of sp³-hybridized carbons (Fsp3) is 0.118. The second-order valence-corrected chi connectivity index (χ2v) is 9.19. The number of hydrogen-bond acceptors (Lipinski definition) is 6. The summed E-state index contributed by atoms with van der Waals surface area (Å²) in [6, 6.07) is 6.90. The Kier molecular flexibility index (Phi) is 6.49. The van der Waals surface area contributed by atoms with Crippen LogP contribution in [0.4, 0.5) is 0 Å². The number of nitrogens with one attached hydrogen (secondary N) is 1. The minimum absolute atomic E-state index is 0.0868. The lowest BCUT2D eigenvalue weighted by Gasteiger charge is -2.10. The van der Waals surface area contributed by atoms with Crippen LogP contribution in [0.5, 0.6) is 5.75 Å². The smallest absolute Gasteiger partial charge is 0.287 e. The van der Waals surface area contributed by atoms with Crippen molar-refractivity contribution in [1.82, 2.24) is 19.7 Å². The van der Waals surface area contributed by atoms with E-state index in [4.69, 9.17) is 51.1 Å². The van der Waals surface area contributed by atoms with Gasteiger partial charge in [0.1, 0.15) is 16.3 Å². The molecule has 0 aliphatic heterocycles. The molecule has 13 heteroatoms. The molecule has 158 valence electrons. The van der Waals surface area contributed by atoms with E-state index in [-0.39, 0.29) is 42.8 Å². The first-order valence-electron chi connectivity index (χ1n) is 8.03. The number of carbonyl (C=O) groups excluding carboxylic acids is 1. The van der Waals surface area contributed by atoms with Crippen LogP contribution in [-0.2, 0) is 10.0 Å². The van der Waals surface area contributed by atoms with Gasteiger partial charge in [0.2, 0.25) is 0 Å². The molecule has 1 aromatic heterocycles. The van der Waals surface area contributed by atoms with Crippen molar-refractivity contribution in [2.45, 2.75) is 11.8 Å². The molecule has 0 bridgehead atoms. The quantitative estimate of drug-likeness (QED) is 0.549. The van der Waals surface area contributed by atoms with Gasteiger partial charge in [-0.15, -0.1) is 5.10 Å². The van der Waals surface area contributed by atoms with Crippen molar-refractivity contribution in [3.05, 3.63) is 61.8 Å². The predicted octanol–water partition coefficient (Wildman–Crippen LogP) is 4.32. The molecule has 0 saturated carbocycles. The predicted molar refractivity (Wildman–Crippen MR) is 114 cm³/mol. The third-order valence-electron chi connectivity index (χ3n) is 3.96. The molecule has 3 aromatic rings. The lowest BCUT2D eigenvalue weighted by atomic mass is 10.3. The summed E-state index contributed by atoms with van der Waals surface area (Å²) in [6.07, 6.45) is 0. The molecule has 3 rings (SSSR count). The number of ether oxygens (including phenoxy) is 1. The molecule has 0 unspecified atom stereocenters. The van der Waals surface area contributed by atoms with Gasteiger partial charge in [0.05, 0.1) is 27.9 Å². The number of halogens is 4. The van der Waals surface area contributed by atoms with E-state index in [1.54, 1.807) is 0 Å². The Labute approximate surface area is 191 Å². The Morgan fingerprint density at radius 2 is 1.70 bits per heavy atom. The van der Waals surface area contributed by atoms with Gasteiger partial charge in [-0.2, -0.15) is 0 Å². The Morgan fingerprint density at radius 1 is 1.07 bits per heavy atom. The number of hydrogen-bond donors (Lipinski definition) is 1. The molecule has 0 spiro atoms. The number of rotatable bonds is 5. The van der Waals surface area contributed by atoms with Crippen LogP contribution in [0.15, 0.2) is 35.2 Å². The maximum absolute atomic E-state index is 12.7. The van der Waals surface area contributed by atoms with Crippen LogP contribution in [0.25, 0.3) is 5.69 Å². The molecular weight excluding hydrogens is 498 g/mol. The first kappa shape index (κ1) is 22.6. The number of sulfonamides is 1. The van der Waals surface area contributed by atoms with Crippen molar-refractivity contribution in [3.8, 4) is 11.4 Å². The summed E-state index contributed by atoms with van der Waals surface area (Å²) < 4.78 is 33.4. The van der Waals surface area contributed by atoms with Crippen molar-refractivity contribution < 1.29 is 17.9 Å². The number of amides is 1. The molecule has 8 nitrogen and oxygen atoms in total. The molecule has 0 aliphatic rings. The molecule has 0 radical (unpaired) electrons. The van der Waals surface area contributed by atoms with Crippen molar-refractivity contribution in [2.24, 2.45) is 0 Å². The van der Waals surface area contributed by atoms with Gasteiger partial charge in [0, 0.05) is 11.1 Å². The van der Waals surface area contributed by atoms with E-state index in [0.29, 0.717) is 5.02 Å². The third kappa shape index (κ3) is 4.35. The molecule has 0 aliphatic carbocycles. The second kappa shape index (κ2) is 8.60. The normalized spacial score (nSPS) is 11.4. The minimum atomic E-state index is -4.32. The Hall–Kier alpha value is -2.04. The number of nitrogens with zero attached hydrogens (tertiary/aromatic N) is 3. The maximum atomic E-state index is 12.7. The lowest BCUT2D eigenvalue weighted by molar-refractivity contribution is 0.0976. The van der Waals surface area contributed by atoms with Gasteiger partial charge in [0.25, 0.3) is 15.9 Å². The van der Waals surface area contributed by atoms with Crippen molar-refractivity contribution >= 4 is 62.3 Å². The zero-order chi connectivity index (χ0) is 22.2. The highest BCUT2D eigenvalue weighted by molar-refractivity contribution is 7.90. The molecule has 2 aromatic carbocycles. The average molecular weight is 510 g/mol. The molecule has 0 atom stereocenters. The van der Waals surface area contributed by atoms with E-state index < -0.39 is 15.9 Å². The van der Waals surface area contributed by atoms with E-state index in [0.717, 1.165) is 0 Å². The first-order valence-corrected chi connectivity index (χ1v) is 11.0. The number of aromatic nitrogens is 3. The average Bonchev–Trinajstić information content (AvgIpc) is 3.02. The van der Waals surface area contributed by atoms with Crippen LogP contribution in [-0.4, -0.2) is 36.4 Å². The number of carbonyl (C=O) groups is 1. The topological polar surface area (TPSA) is 103 Å². The maximum Gasteiger partial charge on any atom is 0.287 e. The third-order valence-corrected chi connectivity index (χ3v) is 6.57. The first-order chi connectivity index (χ1) is 14.0. The Morgan fingerprint density at radius 3 is 2.30 bits per heavy atom. The van der Waals surface area contributed by atoms with Gasteiger partial charge < -0.3 is 4.74 Å². The van der Waals surface area contributed by atoms with Crippen molar-refractivity contribution in [1.29, 1.82) is 0 Å². The van der Waals surface area contributed by atoms with Gasteiger partial charge in [-0.3, -0.25) is 4.79 Å². The molecular formula is C17H12Cl4N4O4S. The zero-order valence-corrected chi connectivity index (χ0v) is 19.1. The largest absolute Gasteiger partial charge is 0.497 e. The highest BCUT2D eigenvalue weighted by Gasteiger charge is 2.26. The monoisotopic (exact) mass is 508 g/mol.